The highest BCUT2D eigenvalue weighted by Crippen LogP contribution is 2.32. The molecule has 0 aliphatic carbocycles. The van der Waals surface area contributed by atoms with Crippen molar-refractivity contribution in [3.8, 4) is 0 Å². The van der Waals surface area contributed by atoms with Crippen LogP contribution in [0.15, 0.2) is 28.7 Å². The van der Waals surface area contributed by atoms with Gasteiger partial charge in [0.1, 0.15) is 0 Å². The normalized spacial score (nSPS) is 19.9. The lowest BCUT2D eigenvalue weighted by Crippen LogP contribution is -2.30. The van der Waals surface area contributed by atoms with Crippen LogP contribution in [-0.2, 0) is 4.74 Å². The van der Waals surface area contributed by atoms with Gasteiger partial charge in [0, 0.05) is 11.0 Å². The standard InChI is InChI=1S/C12H14BrNO2/c1-16-12(15)14-8-2-3-11(14)9-4-6-10(13)7-5-9/h4-7,11H,2-3,8H2,1H3. The van der Waals surface area contributed by atoms with Crippen molar-refractivity contribution in [2.24, 2.45) is 0 Å². The fraction of sp³-hybridized carbons (Fsp3) is 0.417. The van der Waals surface area contributed by atoms with Crippen LogP contribution in [0.2, 0.25) is 0 Å². The van der Waals surface area contributed by atoms with E-state index in [0.29, 0.717) is 0 Å². The summed E-state index contributed by atoms with van der Waals surface area (Å²) in [4.78, 5) is 13.4. The third kappa shape index (κ3) is 2.21. The molecule has 1 heterocycles. The van der Waals surface area contributed by atoms with Crippen molar-refractivity contribution in [3.63, 3.8) is 0 Å². The van der Waals surface area contributed by atoms with Crippen LogP contribution in [0.25, 0.3) is 0 Å². The Hall–Kier alpha value is -1.03. The zero-order valence-electron chi connectivity index (χ0n) is 9.15. The highest BCUT2D eigenvalue weighted by atomic mass is 79.9. The van der Waals surface area contributed by atoms with Gasteiger partial charge in [-0.25, -0.2) is 4.79 Å². The van der Waals surface area contributed by atoms with Crippen LogP contribution >= 0.6 is 15.9 Å². The fourth-order valence-corrected chi connectivity index (χ4v) is 2.40. The molecule has 0 aromatic heterocycles. The molecule has 4 heteroatoms. The highest BCUT2D eigenvalue weighted by molar-refractivity contribution is 9.10. The van der Waals surface area contributed by atoms with Gasteiger partial charge in [0.25, 0.3) is 0 Å². The lowest BCUT2D eigenvalue weighted by Gasteiger charge is -2.23. The lowest BCUT2D eigenvalue weighted by atomic mass is 10.1. The first kappa shape index (κ1) is 11.5. The van der Waals surface area contributed by atoms with Crippen molar-refractivity contribution < 1.29 is 9.53 Å². The number of ether oxygens (including phenoxy) is 1. The minimum Gasteiger partial charge on any atom is -0.453 e. The average molecular weight is 284 g/mol. The first-order chi connectivity index (χ1) is 7.72. The van der Waals surface area contributed by atoms with E-state index in [1.54, 1.807) is 4.90 Å². The van der Waals surface area contributed by atoms with Gasteiger partial charge in [0.15, 0.2) is 0 Å². The molecule has 0 bridgehead atoms. The van der Waals surface area contributed by atoms with Gasteiger partial charge in [-0.2, -0.15) is 0 Å². The van der Waals surface area contributed by atoms with Crippen LogP contribution in [0.4, 0.5) is 4.79 Å². The summed E-state index contributed by atoms with van der Waals surface area (Å²) in [5, 5.41) is 0. The Kier molecular flexibility index (Phi) is 3.49. The van der Waals surface area contributed by atoms with Crippen molar-refractivity contribution in [3.05, 3.63) is 34.3 Å². The SMILES string of the molecule is COC(=O)N1CCCC1c1ccc(Br)cc1. The van der Waals surface area contributed by atoms with Gasteiger partial charge in [0.05, 0.1) is 13.2 Å². The molecule has 0 N–H and O–H groups in total. The lowest BCUT2D eigenvalue weighted by molar-refractivity contribution is 0.119. The van der Waals surface area contributed by atoms with Crippen molar-refractivity contribution in [2.45, 2.75) is 18.9 Å². The van der Waals surface area contributed by atoms with Gasteiger partial charge >= 0.3 is 6.09 Å². The Labute approximate surface area is 104 Å². The van der Waals surface area contributed by atoms with E-state index in [0.717, 1.165) is 23.9 Å². The molecule has 1 amide bonds. The maximum absolute atomic E-state index is 11.6. The summed E-state index contributed by atoms with van der Waals surface area (Å²) in [6.07, 6.45) is 1.82. The molecule has 1 atom stereocenters. The van der Waals surface area contributed by atoms with E-state index in [9.17, 15) is 4.79 Å². The molecule has 1 unspecified atom stereocenters. The first-order valence-corrected chi connectivity index (χ1v) is 6.11. The van der Waals surface area contributed by atoms with E-state index in [4.69, 9.17) is 4.74 Å². The van der Waals surface area contributed by atoms with Gasteiger partial charge in [-0.1, -0.05) is 28.1 Å². The molecule has 0 radical (unpaired) electrons. The van der Waals surface area contributed by atoms with Crippen molar-refractivity contribution >= 4 is 22.0 Å². The Morgan fingerprint density at radius 2 is 2.12 bits per heavy atom. The number of hydrogen-bond acceptors (Lipinski definition) is 2. The summed E-state index contributed by atoms with van der Waals surface area (Å²) in [6.45, 7) is 0.785. The molecule has 86 valence electrons. The summed E-state index contributed by atoms with van der Waals surface area (Å²) in [5.41, 5.74) is 1.17. The Morgan fingerprint density at radius 1 is 1.44 bits per heavy atom. The maximum Gasteiger partial charge on any atom is 0.409 e. The fourth-order valence-electron chi connectivity index (χ4n) is 2.13. The number of hydrogen-bond donors (Lipinski definition) is 0. The molecule has 1 saturated heterocycles. The van der Waals surface area contributed by atoms with E-state index < -0.39 is 0 Å². The van der Waals surface area contributed by atoms with Gasteiger partial charge < -0.3 is 9.64 Å². The quantitative estimate of drug-likeness (QED) is 0.791. The van der Waals surface area contributed by atoms with Crippen LogP contribution in [0.5, 0.6) is 0 Å². The molecule has 2 rings (SSSR count). The number of methoxy groups -OCH3 is 1. The second-order valence-electron chi connectivity index (χ2n) is 3.87. The monoisotopic (exact) mass is 283 g/mol. The smallest absolute Gasteiger partial charge is 0.409 e. The molecule has 0 saturated carbocycles. The van der Waals surface area contributed by atoms with E-state index in [1.165, 1.54) is 12.7 Å². The number of nitrogens with zero attached hydrogens (tertiary/aromatic N) is 1. The van der Waals surface area contributed by atoms with Gasteiger partial charge in [-0.15, -0.1) is 0 Å². The largest absolute Gasteiger partial charge is 0.453 e. The van der Waals surface area contributed by atoms with E-state index in [-0.39, 0.29) is 12.1 Å². The predicted molar refractivity (Wildman–Crippen MR) is 65.2 cm³/mol. The number of benzene rings is 1. The number of rotatable bonds is 1. The third-order valence-electron chi connectivity index (χ3n) is 2.92. The molecule has 0 spiro atoms. The minimum atomic E-state index is -0.231. The molecule has 1 fully saturated rings. The van der Waals surface area contributed by atoms with Gasteiger partial charge in [0.2, 0.25) is 0 Å². The summed E-state index contributed by atoms with van der Waals surface area (Å²) in [6, 6.07) is 8.28. The van der Waals surface area contributed by atoms with Crippen molar-refractivity contribution in [2.75, 3.05) is 13.7 Å². The molecule has 16 heavy (non-hydrogen) atoms. The van der Waals surface area contributed by atoms with E-state index in [2.05, 4.69) is 28.1 Å². The third-order valence-corrected chi connectivity index (χ3v) is 3.45. The Morgan fingerprint density at radius 3 is 2.75 bits per heavy atom. The van der Waals surface area contributed by atoms with Crippen LogP contribution in [-0.4, -0.2) is 24.6 Å². The predicted octanol–water partition coefficient (Wildman–Crippen LogP) is 3.35. The number of carbonyl (C=O) groups excluding carboxylic acids is 1. The summed E-state index contributed by atoms with van der Waals surface area (Å²) >= 11 is 3.41. The maximum atomic E-state index is 11.6. The minimum absolute atomic E-state index is 0.167. The zero-order chi connectivity index (χ0) is 11.5. The molecular formula is C12H14BrNO2. The zero-order valence-corrected chi connectivity index (χ0v) is 10.7. The van der Waals surface area contributed by atoms with Crippen LogP contribution < -0.4 is 0 Å². The molecule has 3 nitrogen and oxygen atoms in total. The van der Waals surface area contributed by atoms with Crippen molar-refractivity contribution in [1.29, 1.82) is 0 Å². The van der Waals surface area contributed by atoms with Gasteiger partial charge in [-0.05, 0) is 30.5 Å². The summed E-state index contributed by atoms with van der Waals surface area (Å²) < 4.78 is 5.84. The summed E-state index contributed by atoms with van der Waals surface area (Å²) in [7, 11) is 1.43. The number of likely N-dealkylation sites (tertiary alicyclic amines) is 1. The average Bonchev–Trinajstić information content (AvgIpc) is 2.78. The van der Waals surface area contributed by atoms with Gasteiger partial charge in [-0.3, -0.25) is 0 Å². The van der Waals surface area contributed by atoms with Crippen LogP contribution in [0, 0.1) is 0 Å². The molecule has 1 aliphatic heterocycles. The number of amides is 1. The Balaban J connectivity index is 2.19. The molecule has 1 aromatic rings. The number of halogens is 1. The van der Waals surface area contributed by atoms with Crippen LogP contribution in [0.3, 0.4) is 0 Å². The summed E-state index contributed by atoms with van der Waals surface area (Å²) in [5.74, 6) is 0. The second-order valence-corrected chi connectivity index (χ2v) is 4.79. The topological polar surface area (TPSA) is 29.5 Å². The molecule has 1 aliphatic rings. The molecule has 1 aromatic carbocycles. The van der Waals surface area contributed by atoms with Crippen LogP contribution in [0.1, 0.15) is 24.4 Å². The molecular weight excluding hydrogens is 270 g/mol. The van der Waals surface area contributed by atoms with Crippen molar-refractivity contribution in [1.82, 2.24) is 4.90 Å². The van der Waals surface area contributed by atoms with E-state index in [1.807, 2.05) is 12.1 Å². The number of carbonyl (C=O) groups is 1. The van der Waals surface area contributed by atoms with E-state index >= 15 is 0 Å². The second kappa shape index (κ2) is 4.87. The first-order valence-electron chi connectivity index (χ1n) is 5.32. The Bertz CT molecular complexity index is 377. The highest BCUT2D eigenvalue weighted by Gasteiger charge is 2.30.